The monoisotopic (exact) mass is 283 g/mol. The Bertz CT molecular complexity index is 609. The minimum atomic E-state index is -0.0719. The first-order valence-corrected chi connectivity index (χ1v) is 7.71. The number of amides is 1. The van der Waals surface area contributed by atoms with Gasteiger partial charge >= 0.3 is 0 Å². The summed E-state index contributed by atoms with van der Waals surface area (Å²) < 4.78 is 1.96. The van der Waals surface area contributed by atoms with Crippen LogP contribution in [-0.4, -0.2) is 15.7 Å². The van der Waals surface area contributed by atoms with Crippen LogP contribution in [0.3, 0.4) is 0 Å². The summed E-state index contributed by atoms with van der Waals surface area (Å²) in [5.74, 6) is 0.726. The molecule has 0 aliphatic heterocycles. The minimum Gasteiger partial charge on any atom is -0.307 e. The molecule has 1 aromatic heterocycles. The molecule has 0 radical (unpaired) electrons. The van der Waals surface area contributed by atoms with Crippen LogP contribution in [-0.2, 0) is 6.42 Å². The Morgan fingerprint density at radius 2 is 1.95 bits per heavy atom. The van der Waals surface area contributed by atoms with Crippen molar-refractivity contribution in [3.63, 3.8) is 0 Å². The van der Waals surface area contributed by atoms with Gasteiger partial charge in [0, 0.05) is 11.6 Å². The Kier molecular flexibility index (Phi) is 4.04. The summed E-state index contributed by atoms with van der Waals surface area (Å²) in [7, 11) is 0. The minimum absolute atomic E-state index is 0.0719. The molecule has 21 heavy (non-hydrogen) atoms. The number of benzene rings is 1. The van der Waals surface area contributed by atoms with E-state index in [-0.39, 0.29) is 5.91 Å². The Hall–Kier alpha value is -2.10. The van der Waals surface area contributed by atoms with Crippen LogP contribution in [0, 0.1) is 0 Å². The van der Waals surface area contributed by atoms with E-state index in [0.717, 1.165) is 25.1 Å². The molecule has 4 nitrogen and oxygen atoms in total. The van der Waals surface area contributed by atoms with Gasteiger partial charge in [0.15, 0.2) is 0 Å². The first-order chi connectivity index (χ1) is 10.3. The van der Waals surface area contributed by atoms with Crippen LogP contribution in [0.4, 0.5) is 5.82 Å². The van der Waals surface area contributed by atoms with Gasteiger partial charge in [-0.1, -0.05) is 31.9 Å². The number of hydrogen-bond donors (Lipinski definition) is 1. The molecular weight excluding hydrogens is 262 g/mol. The molecule has 2 aromatic rings. The van der Waals surface area contributed by atoms with Crippen LogP contribution < -0.4 is 5.32 Å². The van der Waals surface area contributed by atoms with E-state index in [1.165, 1.54) is 18.4 Å². The molecule has 0 bridgehead atoms. The van der Waals surface area contributed by atoms with Gasteiger partial charge in [-0.2, -0.15) is 5.10 Å². The summed E-state index contributed by atoms with van der Waals surface area (Å²) >= 11 is 0. The number of nitrogens with one attached hydrogen (secondary N) is 1. The quantitative estimate of drug-likeness (QED) is 0.927. The molecule has 0 unspecified atom stereocenters. The van der Waals surface area contributed by atoms with Crippen molar-refractivity contribution in [3.05, 3.63) is 47.7 Å². The first-order valence-electron chi connectivity index (χ1n) is 7.71. The predicted octanol–water partition coefficient (Wildman–Crippen LogP) is 3.81. The second-order valence-electron chi connectivity index (χ2n) is 5.60. The SMILES string of the molecule is CCc1ccc(C(=O)Nc2ccnn2C2CCCC2)cc1. The molecule has 1 heterocycles. The molecule has 1 amide bonds. The van der Waals surface area contributed by atoms with Crippen molar-refractivity contribution in [2.45, 2.75) is 45.1 Å². The van der Waals surface area contributed by atoms with Crippen LogP contribution in [0.15, 0.2) is 36.5 Å². The third kappa shape index (κ3) is 2.99. The highest BCUT2D eigenvalue weighted by Gasteiger charge is 2.20. The summed E-state index contributed by atoms with van der Waals surface area (Å²) in [6, 6.07) is 10.1. The van der Waals surface area contributed by atoms with E-state index in [1.54, 1.807) is 6.20 Å². The second kappa shape index (κ2) is 6.12. The van der Waals surface area contributed by atoms with Crippen molar-refractivity contribution in [2.24, 2.45) is 0 Å². The average Bonchev–Trinajstić information content (AvgIpc) is 3.18. The predicted molar refractivity (Wildman–Crippen MR) is 83.5 cm³/mol. The van der Waals surface area contributed by atoms with Gasteiger partial charge in [-0.05, 0) is 37.0 Å². The van der Waals surface area contributed by atoms with E-state index in [0.29, 0.717) is 11.6 Å². The largest absolute Gasteiger partial charge is 0.307 e. The number of aryl methyl sites for hydroxylation is 1. The van der Waals surface area contributed by atoms with Crippen LogP contribution in [0.1, 0.15) is 54.6 Å². The third-order valence-corrected chi connectivity index (χ3v) is 4.21. The highest BCUT2D eigenvalue weighted by atomic mass is 16.1. The number of anilines is 1. The Morgan fingerprint density at radius 1 is 1.24 bits per heavy atom. The van der Waals surface area contributed by atoms with Gasteiger partial charge in [0.1, 0.15) is 5.82 Å². The van der Waals surface area contributed by atoms with E-state index in [2.05, 4.69) is 17.3 Å². The van der Waals surface area contributed by atoms with E-state index in [1.807, 2.05) is 35.0 Å². The maximum absolute atomic E-state index is 12.3. The van der Waals surface area contributed by atoms with Crippen molar-refractivity contribution in [2.75, 3.05) is 5.32 Å². The Labute approximate surface area is 125 Å². The van der Waals surface area contributed by atoms with Crippen LogP contribution in [0.5, 0.6) is 0 Å². The Balaban J connectivity index is 1.73. The fourth-order valence-corrected chi connectivity index (χ4v) is 2.93. The fraction of sp³-hybridized carbons (Fsp3) is 0.412. The van der Waals surface area contributed by atoms with Crippen LogP contribution in [0.2, 0.25) is 0 Å². The fourth-order valence-electron chi connectivity index (χ4n) is 2.93. The van der Waals surface area contributed by atoms with Gasteiger partial charge in [0.2, 0.25) is 0 Å². The van der Waals surface area contributed by atoms with Crippen molar-refractivity contribution in [1.82, 2.24) is 9.78 Å². The van der Waals surface area contributed by atoms with Gasteiger partial charge in [-0.25, -0.2) is 4.68 Å². The lowest BCUT2D eigenvalue weighted by molar-refractivity contribution is 0.102. The topological polar surface area (TPSA) is 46.9 Å². The lowest BCUT2D eigenvalue weighted by atomic mass is 10.1. The van der Waals surface area contributed by atoms with Gasteiger partial charge in [-0.3, -0.25) is 4.79 Å². The summed E-state index contributed by atoms with van der Waals surface area (Å²) in [5.41, 5.74) is 1.92. The molecule has 1 aliphatic rings. The van der Waals surface area contributed by atoms with E-state index < -0.39 is 0 Å². The molecule has 1 N–H and O–H groups in total. The summed E-state index contributed by atoms with van der Waals surface area (Å²) in [6.07, 6.45) is 7.53. The maximum Gasteiger partial charge on any atom is 0.256 e. The number of nitrogens with zero attached hydrogens (tertiary/aromatic N) is 2. The smallest absolute Gasteiger partial charge is 0.256 e. The van der Waals surface area contributed by atoms with Gasteiger partial charge in [0.05, 0.1) is 12.2 Å². The molecule has 1 aromatic carbocycles. The van der Waals surface area contributed by atoms with Crippen molar-refractivity contribution in [3.8, 4) is 0 Å². The molecule has 4 heteroatoms. The number of rotatable bonds is 4. The first kappa shape index (κ1) is 13.9. The molecule has 0 spiro atoms. The zero-order chi connectivity index (χ0) is 14.7. The van der Waals surface area contributed by atoms with E-state index in [4.69, 9.17) is 0 Å². The van der Waals surface area contributed by atoms with Crippen molar-refractivity contribution >= 4 is 11.7 Å². The third-order valence-electron chi connectivity index (χ3n) is 4.21. The zero-order valence-corrected chi connectivity index (χ0v) is 12.4. The number of aromatic nitrogens is 2. The van der Waals surface area contributed by atoms with Crippen molar-refractivity contribution < 1.29 is 4.79 Å². The van der Waals surface area contributed by atoms with Crippen LogP contribution >= 0.6 is 0 Å². The zero-order valence-electron chi connectivity index (χ0n) is 12.4. The molecule has 3 rings (SSSR count). The lowest BCUT2D eigenvalue weighted by Gasteiger charge is -2.14. The molecular formula is C17H21N3O. The normalized spacial score (nSPS) is 15.3. The molecule has 1 aliphatic carbocycles. The second-order valence-corrected chi connectivity index (χ2v) is 5.60. The average molecular weight is 283 g/mol. The van der Waals surface area contributed by atoms with E-state index in [9.17, 15) is 4.79 Å². The highest BCUT2D eigenvalue weighted by molar-refractivity contribution is 6.03. The molecule has 1 fully saturated rings. The van der Waals surface area contributed by atoms with Gasteiger partial charge < -0.3 is 5.32 Å². The van der Waals surface area contributed by atoms with Crippen molar-refractivity contribution in [1.29, 1.82) is 0 Å². The van der Waals surface area contributed by atoms with E-state index >= 15 is 0 Å². The molecule has 110 valence electrons. The molecule has 0 saturated heterocycles. The number of carbonyl (C=O) groups excluding carboxylic acids is 1. The molecule has 0 atom stereocenters. The van der Waals surface area contributed by atoms with Crippen LogP contribution in [0.25, 0.3) is 0 Å². The number of carbonyl (C=O) groups is 1. The highest BCUT2D eigenvalue weighted by Crippen LogP contribution is 2.31. The summed E-state index contributed by atoms with van der Waals surface area (Å²) in [6.45, 7) is 2.11. The van der Waals surface area contributed by atoms with Gasteiger partial charge in [0.25, 0.3) is 5.91 Å². The Morgan fingerprint density at radius 3 is 2.62 bits per heavy atom. The standard InChI is InChI=1S/C17H21N3O/c1-2-13-7-9-14(10-8-13)17(21)19-16-11-12-18-20(16)15-5-3-4-6-15/h7-12,15H,2-6H2,1H3,(H,19,21). The summed E-state index contributed by atoms with van der Waals surface area (Å²) in [5, 5.41) is 7.36. The summed E-state index contributed by atoms with van der Waals surface area (Å²) in [4.78, 5) is 12.3. The maximum atomic E-state index is 12.3. The molecule has 1 saturated carbocycles. The van der Waals surface area contributed by atoms with Gasteiger partial charge in [-0.15, -0.1) is 0 Å². The number of hydrogen-bond acceptors (Lipinski definition) is 2. The lowest BCUT2D eigenvalue weighted by Crippen LogP contribution is -2.17.